The number of nitrogens with zero attached hydrogens (tertiary/aromatic N) is 1. The quantitative estimate of drug-likeness (QED) is 0.744. The zero-order chi connectivity index (χ0) is 18.9. The molecule has 0 aliphatic heterocycles. The Morgan fingerprint density at radius 2 is 1.80 bits per heavy atom. The molecule has 0 aromatic heterocycles. The highest BCUT2D eigenvalue weighted by atomic mass is 19.4. The number of nitrogens with one attached hydrogen (secondary N) is 2. The SMILES string of the molecule is CN(C)C(CNC(=O)CCNC(=O)OCC(F)(F)F)c1ccccc1. The summed E-state index contributed by atoms with van der Waals surface area (Å²) in [6, 6.07) is 9.60. The van der Waals surface area contributed by atoms with Crippen LogP contribution in [0.15, 0.2) is 30.3 Å². The summed E-state index contributed by atoms with van der Waals surface area (Å²) < 4.78 is 39.6. The van der Waals surface area contributed by atoms with E-state index < -0.39 is 18.9 Å². The molecule has 0 radical (unpaired) electrons. The van der Waals surface area contributed by atoms with Gasteiger partial charge in [-0.1, -0.05) is 30.3 Å². The number of halogens is 3. The highest BCUT2D eigenvalue weighted by molar-refractivity contribution is 5.77. The summed E-state index contributed by atoms with van der Waals surface area (Å²) in [7, 11) is 3.78. The van der Waals surface area contributed by atoms with E-state index in [9.17, 15) is 22.8 Å². The first kappa shape index (κ1) is 20.8. The number of carbonyl (C=O) groups is 2. The van der Waals surface area contributed by atoms with Gasteiger partial charge in [0.25, 0.3) is 0 Å². The number of hydrogen-bond acceptors (Lipinski definition) is 4. The van der Waals surface area contributed by atoms with Crippen molar-refractivity contribution in [3.8, 4) is 0 Å². The van der Waals surface area contributed by atoms with E-state index in [4.69, 9.17) is 0 Å². The molecule has 1 aromatic rings. The molecule has 0 spiro atoms. The van der Waals surface area contributed by atoms with Crippen LogP contribution in [0.2, 0.25) is 0 Å². The van der Waals surface area contributed by atoms with E-state index in [0.717, 1.165) is 5.56 Å². The minimum Gasteiger partial charge on any atom is -0.440 e. The maximum absolute atomic E-state index is 11.9. The Bertz CT molecular complexity index is 551. The molecule has 2 amide bonds. The minimum absolute atomic E-state index is 0.0186. The predicted octanol–water partition coefficient (Wildman–Crippen LogP) is 2.08. The number of alkyl carbamates (subject to hydrolysis) is 1. The van der Waals surface area contributed by atoms with Crippen molar-refractivity contribution in [2.45, 2.75) is 18.6 Å². The first-order valence-electron chi connectivity index (χ1n) is 7.64. The summed E-state index contributed by atoms with van der Waals surface area (Å²) >= 11 is 0. The highest BCUT2D eigenvalue weighted by Gasteiger charge is 2.29. The van der Waals surface area contributed by atoms with Crippen molar-refractivity contribution in [2.24, 2.45) is 0 Å². The number of likely N-dealkylation sites (N-methyl/N-ethyl adjacent to an activating group) is 1. The van der Waals surface area contributed by atoms with Gasteiger partial charge in [-0.2, -0.15) is 13.2 Å². The number of rotatable bonds is 8. The molecule has 140 valence electrons. The van der Waals surface area contributed by atoms with Gasteiger partial charge in [0.2, 0.25) is 5.91 Å². The molecule has 0 saturated heterocycles. The number of alkyl halides is 3. The van der Waals surface area contributed by atoms with Crippen LogP contribution in [0.3, 0.4) is 0 Å². The lowest BCUT2D eigenvalue weighted by Gasteiger charge is -2.25. The smallest absolute Gasteiger partial charge is 0.422 e. The van der Waals surface area contributed by atoms with Crippen LogP contribution in [0.1, 0.15) is 18.0 Å². The summed E-state index contributed by atoms with van der Waals surface area (Å²) in [5.41, 5.74) is 1.04. The lowest BCUT2D eigenvalue weighted by molar-refractivity contribution is -0.160. The van der Waals surface area contributed by atoms with E-state index in [-0.39, 0.29) is 24.9 Å². The fourth-order valence-corrected chi connectivity index (χ4v) is 2.05. The van der Waals surface area contributed by atoms with Crippen LogP contribution in [0.4, 0.5) is 18.0 Å². The molecule has 1 atom stereocenters. The Hall–Kier alpha value is -2.29. The molecule has 0 heterocycles. The predicted molar refractivity (Wildman–Crippen MR) is 85.9 cm³/mol. The van der Waals surface area contributed by atoms with Crippen LogP contribution in [-0.2, 0) is 9.53 Å². The second-order valence-electron chi connectivity index (χ2n) is 5.56. The van der Waals surface area contributed by atoms with Crippen molar-refractivity contribution in [1.29, 1.82) is 0 Å². The van der Waals surface area contributed by atoms with Gasteiger partial charge >= 0.3 is 12.3 Å². The molecule has 1 rings (SSSR count). The lowest BCUT2D eigenvalue weighted by Crippen LogP contribution is -2.36. The molecular weight excluding hydrogens is 339 g/mol. The third-order valence-corrected chi connectivity index (χ3v) is 3.29. The van der Waals surface area contributed by atoms with Crippen molar-refractivity contribution in [1.82, 2.24) is 15.5 Å². The Morgan fingerprint density at radius 1 is 1.16 bits per heavy atom. The van der Waals surface area contributed by atoms with Crippen LogP contribution in [0.25, 0.3) is 0 Å². The van der Waals surface area contributed by atoms with Crippen LogP contribution in [0, 0.1) is 0 Å². The monoisotopic (exact) mass is 361 g/mol. The number of carbonyl (C=O) groups excluding carboxylic acids is 2. The molecule has 0 aliphatic rings. The molecular formula is C16H22F3N3O3. The molecule has 0 fully saturated rings. The maximum atomic E-state index is 11.9. The van der Waals surface area contributed by atoms with Gasteiger partial charge in [-0.25, -0.2) is 4.79 Å². The van der Waals surface area contributed by atoms with Crippen LogP contribution < -0.4 is 10.6 Å². The molecule has 6 nitrogen and oxygen atoms in total. The Labute approximate surface area is 144 Å². The van der Waals surface area contributed by atoms with E-state index in [1.54, 1.807) is 0 Å². The summed E-state index contributed by atoms with van der Waals surface area (Å²) in [5.74, 6) is -0.320. The van der Waals surface area contributed by atoms with Gasteiger partial charge in [-0.3, -0.25) is 4.79 Å². The van der Waals surface area contributed by atoms with E-state index in [1.807, 2.05) is 49.3 Å². The average Bonchev–Trinajstić information content (AvgIpc) is 2.53. The first-order valence-corrected chi connectivity index (χ1v) is 7.64. The van der Waals surface area contributed by atoms with Gasteiger partial charge in [0, 0.05) is 19.5 Å². The fraction of sp³-hybridized carbons (Fsp3) is 0.500. The van der Waals surface area contributed by atoms with Crippen LogP contribution >= 0.6 is 0 Å². The Kier molecular flexibility index (Phi) is 8.20. The molecule has 25 heavy (non-hydrogen) atoms. The topological polar surface area (TPSA) is 70.7 Å². The lowest BCUT2D eigenvalue weighted by atomic mass is 10.1. The third-order valence-electron chi connectivity index (χ3n) is 3.29. The number of benzene rings is 1. The second kappa shape index (κ2) is 9.87. The van der Waals surface area contributed by atoms with Crippen molar-refractivity contribution in [3.63, 3.8) is 0 Å². The van der Waals surface area contributed by atoms with Gasteiger partial charge in [0.05, 0.1) is 6.04 Å². The van der Waals surface area contributed by atoms with Gasteiger partial charge < -0.3 is 20.3 Å². The summed E-state index contributed by atoms with van der Waals surface area (Å²) in [4.78, 5) is 24.8. The Morgan fingerprint density at radius 3 is 2.36 bits per heavy atom. The van der Waals surface area contributed by atoms with Gasteiger partial charge in [-0.05, 0) is 19.7 Å². The number of ether oxygens (including phenoxy) is 1. The van der Waals surface area contributed by atoms with Gasteiger partial charge in [0.15, 0.2) is 6.61 Å². The van der Waals surface area contributed by atoms with E-state index in [0.29, 0.717) is 6.54 Å². The summed E-state index contributed by atoms with van der Waals surface area (Å²) in [5, 5.41) is 4.84. The van der Waals surface area contributed by atoms with Gasteiger partial charge in [0.1, 0.15) is 0 Å². The normalized spacial score (nSPS) is 12.6. The van der Waals surface area contributed by atoms with E-state index in [1.165, 1.54) is 0 Å². The highest BCUT2D eigenvalue weighted by Crippen LogP contribution is 2.16. The van der Waals surface area contributed by atoms with Crippen molar-refractivity contribution < 1.29 is 27.5 Å². The van der Waals surface area contributed by atoms with E-state index in [2.05, 4.69) is 15.4 Å². The van der Waals surface area contributed by atoms with Crippen LogP contribution in [0.5, 0.6) is 0 Å². The molecule has 1 unspecified atom stereocenters. The van der Waals surface area contributed by atoms with Crippen molar-refractivity contribution >= 4 is 12.0 Å². The fourth-order valence-electron chi connectivity index (χ4n) is 2.05. The van der Waals surface area contributed by atoms with Crippen LogP contribution in [-0.4, -0.2) is 56.9 Å². The average molecular weight is 361 g/mol. The molecule has 1 aromatic carbocycles. The third kappa shape index (κ3) is 8.94. The summed E-state index contributed by atoms with van der Waals surface area (Å²) in [6.45, 7) is -1.40. The van der Waals surface area contributed by atoms with E-state index >= 15 is 0 Å². The van der Waals surface area contributed by atoms with Crippen molar-refractivity contribution in [3.05, 3.63) is 35.9 Å². The zero-order valence-electron chi connectivity index (χ0n) is 14.1. The molecule has 9 heteroatoms. The van der Waals surface area contributed by atoms with Gasteiger partial charge in [-0.15, -0.1) is 0 Å². The second-order valence-corrected chi connectivity index (χ2v) is 5.56. The molecule has 0 aliphatic carbocycles. The maximum Gasteiger partial charge on any atom is 0.422 e. The standard InChI is InChI=1S/C16H22F3N3O3/c1-22(2)13(12-6-4-3-5-7-12)10-21-14(23)8-9-20-15(24)25-11-16(17,18)19/h3-7,13H,8-11H2,1-2H3,(H,20,24)(H,21,23). The molecule has 2 N–H and O–H groups in total. The first-order chi connectivity index (χ1) is 11.7. The minimum atomic E-state index is -4.58. The number of hydrogen-bond donors (Lipinski definition) is 2. The largest absolute Gasteiger partial charge is 0.440 e. The number of amides is 2. The zero-order valence-corrected chi connectivity index (χ0v) is 14.1. The van der Waals surface area contributed by atoms with Crippen molar-refractivity contribution in [2.75, 3.05) is 33.8 Å². The Balaban J connectivity index is 2.31. The molecule has 0 saturated carbocycles. The molecule has 0 bridgehead atoms. The summed E-state index contributed by atoms with van der Waals surface area (Å²) in [6.07, 6.45) is -5.84.